The standard InChI is InChI=1S/C20H27N3O4S/c1-2-3-4-7-20(24)21-18-16-17(8-9-19(18)22-10-5-6-11-22)28(25,26)23-12-14-27-15-13-23/h2-4,7-9,16H,5-6,10-15H2,1H3,(H,21,24)/b3-2+,7-4+. The van der Waals surface area contributed by atoms with Gasteiger partial charge in [0.2, 0.25) is 15.9 Å². The number of amides is 1. The van der Waals surface area contributed by atoms with Crippen molar-refractivity contribution >= 4 is 27.3 Å². The number of carbonyl (C=O) groups is 1. The number of carbonyl (C=O) groups excluding carboxylic acids is 1. The van der Waals surface area contributed by atoms with E-state index in [1.807, 2.05) is 13.0 Å². The SMILES string of the molecule is C/C=C/C=C/C(=O)Nc1cc(S(=O)(=O)N2CCOCC2)ccc1N1CCCC1. The van der Waals surface area contributed by atoms with Crippen LogP contribution in [0.1, 0.15) is 19.8 Å². The lowest BCUT2D eigenvalue weighted by molar-refractivity contribution is -0.111. The van der Waals surface area contributed by atoms with E-state index in [-0.39, 0.29) is 10.8 Å². The summed E-state index contributed by atoms with van der Waals surface area (Å²) >= 11 is 0. The number of hydrogen-bond donors (Lipinski definition) is 1. The molecular formula is C20H27N3O4S. The second kappa shape index (κ2) is 9.36. The van der Waals surface area contributed by atoms with Crippen molar-refractivity contribution in [3.05, 3.63) is 42.5 Å². The van der Waals surface area contributed by atoms with Gasteiger partial charge in [0.15, 0.2) is 0 Å². The normalized spacial score (nSPS) is 19.0. The van der Waals surface area contributed by atoms with Crippen molar-refractivity contribution in [2.75, 3.05) is 49.6 Å². The van der Waals surface area contributed by atoms with Crippen molar-refractivity contribution < 1.29 is 17.9 Å². The highest BCUT2D eigenvalue weighted by molar-refractivity contribution is 7.89. The van der Waals surface area contributed by atoms with E-state index in [2.05, 4.69) is 10.2 Å². The average molecular weight is 406 g/mol. The first kappa shape index (κ1) is 20.6. The van der Waals surface area contributed by atoms with Crippen LogP contribution in [-0.2, 0) is 19.6 Å². The molecule has 0 aliphatic carbocycles. The van der Waals surface area contributed by atoms with Crippen molar-refractivity contribution in [1.29, 1.82) is 0 Å². The molecule has 0 bridgehead atoms. The van der Waals surface area contributed by atoms with E-state index in [4.69, 9.17) is 4.74 Å². The van der Waals surface area contributed by atoms with Crippen LogP contribution in [0.25, 0.3) is 0 Å². The fourth-order valence-corrected chi connectivity index (χ4v) is 4.81. The summed E-state index contributed by atoms with van der Waals surface area (Å²) in [6.07, 6.45) is 8.84. The summed E-state index contributed by atoms with van der Waals surface area (Å²) in [5.41, 5.74) is 1.37. The highest BCUT2D eigenvalue weighted by Crippen LogP contribution is 2.32. The summed E-state index contributed by atoms with van der Waals surface area (Å²) in [4.78, 5) is 14.7. The zero-order valence-corrected chi connectivity index (χ0v) is 17.0. The molecule has 1 N–H and O–H groups in total. The first-order valence-corrected chi connectivity index (χ1v) is 11.0. The lowest BCUT2D eigenvalue weighted by Gasteiger charge is -2.27. The van der Waals surface area contributed by atoms with Crippen LogP contribution in [0.3, 0.4) is 0 Å². The Balaban J connectivity index is 1.91. The van der Waals surface area contributed by atoms with E-state index in [9.17, 15) is 13.2 Å². The smallest absolute Gasteiger partial charge is 0.248 e. The second-order valence-corrected chi connectivity index (χ2v) is 8.70. The summed E-state index contributed by atoms with van der Waals surface area (Å²) in [5, 5.41) is 2.85. The molecule has 0 atom stereocenters. The molecular weight excluding hydrogens is 378 g/mol. The molecule has 0 radical (unpaired) electrons. The van der Waals surface area contributed by atoms with Crippen molar-refractivity contribution in [3.8, 4) is 0 Å². The van der Waals surface area contributed by atoms with E-state index < -0.39 is 10.0 Å². The Hall–Kier alpha value is -2.16. The lowest BCUT2D eigenvalue weighted by Crippen LogP contribution is -2.40. The van der Waals surface area contributed by atoms with Crippen molar-refractivity contribution in [2.45, 2.75) is 24.7 Å². The highest BCUT2D eigenvalue weighted by Gasteiger charge is 2.28. The van der Waals surface area contributed by atoms with E-state index in [0.717, 1.165) is 31.6 Å². The Kier molecular flexibility index (Phi) is 6.88. The molecule has 0 unspecified atom stereocenters. The summed E-state index contributed by atoms with van der Waals surface area (Å²) < 4.78 is 32.7. The number of nitrogens with one attached hydrogen (secondary N) is 1. The molecule has 0 aromatic heterocycles. The number of allylic oxidation sites excluding steroid dienone is 3. The molecule has 2 aliphatic heterocycles. The Morgan fingerprint density at radius 1 is 1.11 bits per heavy atom. The van der Waals surface area contributed by atoms with Gasteiger partial charge in [-0.15, -0.1) is 0 Å². The third kappa shape index (κ3) is 4.81. The Morgan fingerprint density at radius 2 is 1.82 bits per heavy atom. The molecule has 2 saturated heterocycles. The van der Waals surface area contributed by atoms with E-state index in [1.165, 1.54) is 10.4 Å². The van der Waals surface area contributed by atoms with Gasteiger partial charge in [-0.2, -0.15) is 4.31 Å². The predicted octanol–water partition coefficient (Wildman–Crippen LogP) is 2.38. The van der Waals surface area contributed by atoms with Crippen LogP contribution in [0, 0.1) is 0 Å². The van der Waals surface area contributed by atoms with Crippen LogP contribution >= 0.6 is 0 Å². The predicted molar refractivity (Wildman–Crippen MR) is 110 cm³/mol. The Bertz CT molecular complexity index is 852. The van der Waals surface area contributed by atoms with E-state index in [0.29, 0.717) is 32.0 Å². The fourth-order valence-electron chi connectivity index (χ4n) is 3.37. The minimum Gasteiger partial charge on any atom is -0.379 e. The molecule has 7 nitrogen and oxygen atoms in total. The van der Waals surface area contributed by atoms with Gasteiger partial charge in [0, 0.05) is 32.3 Å². The second-order valence-electron chi connectivity index (χ2n) is 6.76. The number of hydrogen-bond acceptors (Lipinski definition) is 5. The van der Waals surface area contributed by atoms with Crippen molar-refractivity contribution in [3.63, 3.8) is 0 Å². The fraction of sp³-hybridized carbons (Fsp3) is 0.450. The average Bonchev–Trinajstić information content (AvgIpc) is 3.23. The number of sulfonamides is 1. The molecule has 2 heterocycles. The monoisotopic (exact) mass is 405 g/mol. The highest BCUT2D eigenvalue weighted by atomic mass is 32.2. The number of rotatable bonds is 6. The molecule has 1 amide bonds. The van der Waals surface area contributed by atoms with Gasteiger partial charge in [0.25, 0.3) is 0 Å². The topological polar surface area (TPSA) is 79.0 Å². The van der Waals surface area contributed by atoms with E-state index in [1.54, 1.807) is 30.4 Å². The third-order valence-electron chi connectivity index (χ3n) is 4.83. The maximum Gasteiger partial charge on any atom is 0.248 e. The van der Waals surface area contributed by atoms with Crippen LogP contribution in [0.15, 0.2) is 47.4 Å². The summed E-state index contributed by atoms with van der Waals surface area (Å²) in [5.74, 6) is -0.292. The number of morpholine rings is 1. The first-order valence-electron chi connectivity index (χ1n) is 9.59. The third-order valence-corrected chi connectivity index (χ3v) is 6.73. The van der Waals surface area contributed by atoms with Gasteiger partial charge in [0.1, 0.15) is 0 Å². The molecule has 152 valence electrons. The zero-order chi connectivity index (χ0) is 20.0. The zero-order valence-electron chi connectivity index (χ0n) is 16.1. The van der Waals surface area contributed by atoms with Gasteiger partial charge in [-0.25, -0.2) is 8.42 Å². The first-order chi connectivity index (χ1) is 13.5. The maximum atomic E-state index is 13.0. The number of anilines is 2. The number of nitrogens with zero attached hydrogens (tertiary/aromatic N) is 2. The largest absolute Gasteiger partial charge is 0.379 e. The van der Waals surface area contributed by atoms with Crippen LogP contribution in [-0.4, -0.2) is 58.0 Å². The molecule has 28 heavy (non-hydrogen) atoms. The Morgan fingerprint density at radius 3 is 2.50 bits per heavy atom. The summed E-state index contributed by atoms with van der Waals surface area (Å²) in [6.45, 7) is 5.12. The van der Waals surface area contributed by atoms with Gasteiger partial charge >= 0.3 is 0 Å². The van der Waals surface area contributed by atoms with Gasteiger partial charge in [-0.3, -0.25) is 4.79 Å². The van der Waals surface area contributed by atoms with Crippen LogP contribution < -0.4 is 10.2 Å². The van der Waals surface area contributed by atoms with Gasteiger partial charge in [0.05, 0.1) is 29.5 Å². The quantitative estimate of drug-likeness (QED) is 0.581. The molecule has 2 fully saturated rings. The van der Waals surface area contributed by atoms with Crippen LogP contribution in [0.5, 0.6) is 0 Å². The summed E-state index contributed by atoms with van der Waals surface area (Å²) in [7, 11) is -3.63. The molecule has 0 spiro atoms. The molecule has 2 aliphatic rings. The van der Waals surface area contributed by atoms with Crippen molar-refractivity contribution in [2.24, 2.45) is 0 Å². The van der Waals surface area contributed by atoms with Gasteiger partial charge in [-0.1, -0.05) is 18.2 Å². The minimum atomic E-state index is -3.63. The lowest BCUT2D eigenvalue weighted by atomic mass is 10.2. The van der Waals surface area contributed by atoms with Gasteiger partial charge in [-0.05, 0) is 38.0 Å². The van der Waals surface area contributed by atoms with Crippen LogP contribution in [0.4, 0.5) is 11.4 Å². The molecule has 8 heteroatoms. The van der Waals surface area contributed by atoms with Crippen molar-refractivity contribution in [1.82, 2.24) is 4.31 Å². The minimum absolute atomic E-state index is 0.185. The Labute approximate surface area is 166 Å². The molecule has 3 rings (SSSR count). The van der Waals surface area contributed by atoms with Crippen LogP contribution in [0.2, 0.25) is 0 Å². The maximum absolute atomic E-state index is 13.0. The van der Waals surface area contributed by atoms with Gasteiger partial charge < -0.3 is 15.0 Å². The van der Waals surface area contributed by atoms with E-state index >= 15 is 0 Å². The number of ether oxygens (including phenoxy) is 1. The molecule has 1 aromatic rings. The number of benzene rings is 1. The molecule has 0 saturated carbocycles. The molecule has 1 aromatic carbocycles. The summed E-state index contributed by atoms with van der Waals surface area (Å²) in [6, 6.07) is 4.99.